The Hall–Kier alpha value is -3.98. The normalized spacial score (nSPS) is 16.6. The Morgan fingerprint density at radius 3 is 2.47 bits per heavy atom. The van der Waals surface area contributed by atoms with Crippen LogP contribution >= 0.6 is 0 Å². The Kier molecular flexibility index (Phi) is 5.41. The van der Waals surface area contributed by atoms with Gasteiger partial charge < -0.3 is 19.4 Å². The Labute approximate surface area is 195 Å². The lowest BCUT2D eigenvalue weighted by Crippen LogP contribution is -2.45. The average Bonchev–Trinajstić information content (AvgIpc) is 3.33. The summed E-state index contributed by atoms with van der Waals surface area (Å²) in [6, 6.07) is 10.9. The van der Waals surface area contributed by atoms with Crippen LogP contribution in [0, 0.1) is 6.92 Å². The third kappa shape index (κ3) is 3.54. The summed E-state index contributed by atoms with van der Waals surface area (Å²) in [5, 5.41) is 3.31. The number of aryl methyl sites for hydroxylation is 1. The zero-order valence-electron chi connectivity index (χ0n) is 18.8. The molecule has 0 saturated carbocycles. The van der Waals surface area contributed by atoms with Crippen LogP contribution in [0.5, 0.6) is 0 Å². The van der Waals surface area contributed by atoms with Crippen molar-refractivity contribution in [3.63, 3.8) is 0 Å². The second-order valence-electron chi connectivity index (χ2n) is 8.40. The van der Waals surface area contributed by atoms with E-state index in [9.17, 15) is 19.2 Å². The van der Waals surface area contributed by atoms with Gasteiger partial charge in [-0.15, -0.1) is 0 Å². The van der Waals surface area contributed by atoms with Crippen molar-refractivity contribution in [3.8, 4) is 0 Å². The molecule has 2 aliphatic heterocycles. The molecule has 4 amide bonds. The van der Waals surface area contributed by atoms with E-state index in [0.717, 1.165) is 10.5 Å². The van der Waals surface area contributed by atoms with Gasteiger partial charge in [-0.2, -0.15) is 0 Å². The number of nitrogens with one attached hydrogen (secondary N) is 1. The first-order valence-corrected chi connectivity index (χ1v) is 11.0. The fourth-order valence-electron chi connectivity index (χ4n) is 4.30. The first-order valence-electron chi connectivity index (χ1n) is 11.0. The molecule has 1 N–H and O–H groups in total. The van der Waals surface area contributed by atoms with Crippen molar-refractivity contribution in [2.45, 2.75) is 19.9 Å². The number of nitrogens with zero attached hydrogens (tertiary/aromatic N) is 2. The van der Waals surface area contributed by atoms with Crippen LogP contribution in [0.2, 0.25) is 0 Å². The minimum atomic E-state index is -1.10. The van der Waals surface area contributed by atoms with E-state index < -0.39 is 23.8 Å². The van der Waals surface area contributed by atoms with Crippen LogP contribution in [0.15, 0.2) is 46.9 Å². The molecule has 1 unspecified atom stereocenters. The first-order chi connectivity index (χ1) is 16.4. The van der Waals surface area contributed by atoms with Crippen LogP contribution < -0.4 is 5.32 Å². The van der Waals surface area contributed by atoms with Crippen LogP contribution in [-0.4, -0.2) is 65.8 Å². The van der Waals surface area contributed by atoms with Gasteiger partial charge in [-0.1, -0.05) is 23.8 Å². The fourth-order valence-corrected chi connectivity index (χ4v) is 4.30. The molecule has 174 valence electrons. The number of para-hydroxylation sites is 1. The van der Waals surface area contributed by atoms with E-state index in [1.807, 2.05) is 6.92 Å². The maximum atomic E-state index is 13.3. The van der Waals surface area contributed by atoms with E-state index in [1.54, 1.807) is 47.4 Å². The second kappa shape index (κ2) is 8.42. The van der Waals surface area contributed by atoms with Crippen molar-refractivity contribution >= 4 is 40.3 Å². The number of imide groups is 1. The van der Waals surface area contributed by atoms with Crippen molar-refractivity contribution in [1.29, 1.82) is 0 Å². The molecule has 1 aromatic heterocycles. The lowest BCUT2D eigenvalue weighted by atomic mass is 10.1. The van der Waals surface area contributed by atoms with Gasteiger partial charge in [0.15, 0.2) is 0 Å². The zero-order chi connectivity index (χ0) is 24.0. The van der Waals surface area contributed by atoms with E-state index in [4.69, 9.17) is 9.15 Å². The number of ether oxygens (including phenoxy) is 1. The number of hydrogen-bond acceptors (Lipinski definition) is 6. The topological polar surface area (TPSA) is 109 Å². The maximum absolute atomic E-state index is 13.3. The number of rotatable bonds is 4. The molecule has 0 aliphatic carbocycles. The number of fused-ring (bicyclic) bond motifs is 2. The minimum Gasteiger partial charge on any atom is -0.449 e. The predicted octanol–water partition coefficient (Wildman–Crippen LogP) is 2.84. The van der Waals surface area contributed by atoms with E-state index in [-0.39, 0.29) is 28.5 Å². The number of benzene rings is 2. The molecule has 1 fully saturated rings. The molecule has 2 aromatic carbocycles. The van der Waals surface area contributed by atoms with Crippen molar-refractivity contribution in [2.75, 3.05) is 31.6 Å². The first kappa shape index (κ1) is 21.8. The molecular weight excluding hydrogens is 438 g/mol. The summed E-state index contributed by atoms with van der Waals surface area (Å²) in [4.78, 5) is 54.8. The standard InChI is InChI=1S/C25H23N3O6/c1-14-7-8-16-18(13-14)24(31)28(23(16)30)15(2)22(29)26-20-17-5-3-4-6-19(17)34-21(20)25(32)27-9-11-33-12-10-27/h3-8,13,15H,9-12H2,1-2H3,(H,26,29). The highest BCUT2D eigenvalue weighted by atomic mass is 16.5. The Morgan fingerprint density at radius 2 is 1.71 bits per heavy atom. The second-order valence-corrected chi connectivity index (χ2v) is 8.40. The molecule has 2 aliphatic rings. The molecule has 3 aromatic rings. The van der Waals surface area contributed by atoms with Gasteiger partial charge in [-0.05, 0) is 38.1 Å². The summed E-state index contributed by atoms with van der Waals surface area (Å²) in [6.45, 7) is 4.97. The summed E-state index contributed by atoms with van der Waals surface area (Å²) in [7, 11) is 0. The SMILES string of the molecule is Cc1ccc2c(c1)C(=O)N(C(C)C(=O)Nc1c(C(=O)N3CCOCC3)oc3ccccc13)C2=O. The quantitative estimate of drug-likeness (QED) is 0.599. The molecule has 34 heavy (non-hydrogen) atoms. The molecule has 9 nitrogen and oxygen atoms in total. The third-order valence-corrected chi connectivity index (χ3v) is 6.18. The lowest BCUT2D eigenvalue weighted by molar-refractivity contribution is -0.119. The van der Waals surface area contributed by atoms with Crippen molar-refractivity contribution < 1.29 is 28.3 Å². The molecular formula is C25H23N3O6. The van der Waals surface area contributed by atoms with Gasteiger partial charge in [0, 0.05) is 18.5 Å². The zero-order valence-corrected chi connectivity index (χ0v) is 18.8. The molecule has 1 atom stereocenters. The van der Waals surface area contributed by atoms with E-state index in [0.29, 0.717) is 37.3 Å². The smallest absolute Gasteiger partial charge is 0.291 e. The average molecular weight is 461 g/mol. The molecule has 9 heteroatoms. The van der Waals surface area contributed by atoms with Gasteiger partial charge in [-0.3, -0.25) is 24.1 Å². The number of amides is 4. The maximum Gasteiger partial charge on any atom is 0.291 e. The predicted molar refractivity (Wildman–Crippen MR) is 123 cm³/mol. The molecule has 0 bridgehead atoms. The highest BCUT2D eigenvalue weighted by molar-refractivity contribution is 6.23. The van der Waals surface area contributed by atoms with Crippen molar-refractivity contribution in [2.24, 2.45) is 0 Å². The summed E-state index contributed by atoms with van der Waals surface area (Å²) in [6.07, 6.45) is 0. The van der Waals surface area contributed by atoms with Gasteiger partial charge in [-0.25, -0.2) is 0 Å². The monoisotopic (exact) mass is 461 g/mol. The Morgan fingerprint density at radius 1 is 1.00 bits per heavy atom. The van der Waals surface area contributed by atoms with Gasteiger partial charge in [0.05, 0.1) is 24.3 Å². The van der Waals surface area contributed by atoms with E-state index >= 15 is 0 Å². The van der Waals surface area contributed by atoms with Gasteiger partial charge >= 0.3 is 0 Å². The number of carbonyl (C=O) groups is 4. The Balaban J connectivity index is 1.45. The van der Waals surface area contributed by atoms with Gasteiger partial charge in [0.25, 0.3) is 17.7 Å². The van der Waals surface area contributed by atoms with E-state index in [2.05, 4.69) is 5.32 Å². The van der Waals surface area contributed by atoms with Gasteiger partial charge in [0.2, 0.25) is 11.7 Å². The number of hydrogen-bond donors (Lipinski definition) is 1. The number of furan rings is 1. The van der Waals surface area contributed by atoms with Crippen LogP contribution in [0.25, 0.3) is 11.0 Å². The molecule has 0 radical (unpaired) electrons. The Bertz CT molecular complexity index is 1340. The summed E-state index contributed by atoms with van der Waals surface area (Å²) in [5.74, 6) is -2.01. The number of morpholine rings is 1. The van der Waals surface area contributed by atoms with Crippen LogP contribution in [0.1, 0.15) is 43.8 Å². The third-order valence-electron chi connectivity index (χ3n) is 6.18. The van der Waals surface area contributed by atoms with Crippen molar-refractivity contribution in [3.05, 3.63) is 64.9 Å². The molecule has 5 rings (SSSR count). The number of anilines is 1. The summed E-state index contributed by atoms with van der Waals surface area (Å²) < 4.78 is 11.2. The molecule has 0 spiro atoms. The summed E-state index contributed by atoms with van der Waals surface area (Å²) >= 11 is 0. The lowest BCUT2D eigenvalue weighted by Gasteiger charge is -2.26. The largest absolute Gasteiger partial charge is 0.449 e. The fraction of sp³-hybridized carbons (Fsp3) is 0.280. The molecule has 1 saturated heterocycles. The number of carbonyl (C=O) groups excluding carboxylic acids is 4. The van der Waals surface area contributed by atoms with Crippen molar-refractivity contribution in [1.82, 2.24) is 9.80 Å². The highest BCUT2D eigenvalue weighted by Crippen LogP contribution is 2.33. The minimum absolute atomic E-state index is 0.00151. The van der Waals surface area contributed by atoms with Crippen LogP contribution in [-0.2, 0) is 9.53 Å². The van der Waals surface area contributed by atoms with Gasteiger partial charge in [0.1, 0.15) is 17.3 Å². The molecule has 3 heterocycles. The summed E-state index contributed by atoms with van der Waals surface area (Å²) in [5.41, 5.74) is 2.05. The van der Waals surface area contributed by atoms with Crippen LogP contribution in [0.3, 0.4) is 0 Å². The van der Waals surface area contributed by atoms with Crippen LogP contribution in [0.4, 0.5) is 5.69 Å². The van der Waals surface area contributed by atoms with E-state index in [1.165, 1.54) is 6.92 Å². The highest BCUT2D eigenvalue weighted by Gasteiger charge is 2.41.